The molecule has 0 aliphatic carbocycles. The molecule has 5 nitrogen and oxygen atoms in total. The van der Waals surface area contributed by atoms with Crippen molar-refractivity contribution in [3.8, 4) is 23.0 Å². The summed E-state index contributed by atoms with van der Waals surface area (Å²) in [6.45, 7) is -0.109. The Hall–Kier alpha value is -3.47. The van der Waals surface area contributed by atoms with E-state index in [9.17, 15) is 4.79 Å². The van der Waals surface area contributed by atoms with Crippen LogP contribution in [-0.2, 0) is 4.79 Å². The van der Waals surface area contributed by atoms with Crippen molar-refractivity contribution in [3.63, 3.8) is 0 Å². The van der Waals surface area contributed by atoms with Gasteiger partial charge in [-0.25, -0.2) is 0 Å². The molecule has 0 spiro atoms. The number of carbonyl (C=O) groups excluding carboxylic acids is 1. The number of ether oxygens (including phenoxy) is 3. The maximum absolute atomic E-state index is 12.6. The third kappa shape index (κ3) is 3.44. The average molecular weight is 361 g/mol. The third-order valence-corrected chi connectivity index (χ3v) is 4.41. The summed E-state index contributed by atoms with van der Waals surface area (Å²) in [5.74, 6) is 2.38. The molecule has 136 valence electrons. The Morgan fingerprint density at radius 3 is 2.07 bits per heavy atom. The van der Waals surface area contributed by atoms with Gasteiger partial charge in [0.2, 0.25) is 0 Å². The number of hydrogen-bond acceptors (Lipinski definition) is 4. The zero-order valence-electron chi connectivity index (χ0n) is 14.8. The van der Waals surface area contributed by atoms with Crippen molar-refractivity contribution in [2.45, 2.75) is 6.04 Å². The van der Waals surface area contributed by atoms with Crippen molar-refractivity contribution in [1.82, 2.24) is 5.32 Å². The second-order valence-corrected chi connectivity index (χ2v) is 6.12. The van der Waals surface area contributed by atoms with E-state index in [-0.39, 0.29) is 18.6 Å². The van der Waals surface area contributed by atoms with Crippen LogP contribution in [0.3, 0.4) is 0 Å². The van der Waals surface area contributed by atoms with Crippen LogP contribution < -0.4 is 19.5 Å². The SMILES string of the molecule is COc1ccccc1OCC(=O)NC1c2ccccc2Oc2ccccc21. The molecule has 3 aromatic rings. The molecule has 0 saturated carbocycles. The smallest absolute Gasteiger partial charge is 0.258 e. The summed E-state index contributed by atoms with van der Waals surface area (Å²) in [4.78, 5) is 12.6. The van der Waals surface area contributed by atoms with Crippen molar-refractivity contribution < 1.29 is 19.0 Å². The molecular weight excluding hydrogens is 342 g/mol. The van der Waals surface area contributed by atoms with Crippen molar-refractivity contribution in [3.05, 3.63) is 83.9 Å². The number of methoxy groups -OCH3 is 1. The Morgan fingerprint density at radius 1 is 0.889 bits per heavy atom. The molecule has 1 N–H and O–H groups in total. The maximum atomic E-state index is 12.6. The van der Waals surface area contributed by atoms with Gasteiger partial charge < -0.3 is 19.5 Å². The van der Waals surface area contributed by atoms with Crippen LogP contribution in [0.2, 0.25) is 0 Å². The summed E-state index contributed by atoms with van der Waals surface area (Å²) in [6.07, 6.45) is 0. The van der Waals surface area contributed by atoms with Crippen molar-refractivity contribution in [2.24, 2.45) is 0 Å². The molecule has 0 aromatic heterocycles. The Bertz CT molecular complexity index is 924. The molecule has 1 aliphatic heterocycles. The summed E-state index contributed by atoms with van der Waals surface area (Å²) < 4.78 is 16.8. The van der Waals surface area contributed by atoms with Crippen LogP contribution in [0, 0.1) is 0 Å². The quantitative estimate of drug-likeness (QED) is 0.744. The van der Waals surface area contributed by atoms with E-state index in [1.54, 1.807) is 19.2 Å². The van der Waals surface area contributed by atoms with E-state index in [1.807, 2.05) is 60.7 Å². The van der Waals surface area contributed by atoms with Crippen LogP contribution >= 0.6 is 0 Å². The van der Waals surface area contributed by atoms with Gasteiger partial charge in [-0.3, -0.25) is 4.79 Å². The predicted molar refractivity (Wildman–Crippen MR) is 101 cm³/mol. The van der Waals surface area contributed by atoms with E-state index in [0.717, 1.165) is 22.6 Å². The lowest BCUT2D eigenvalue weighted by Crippen LogP contribution is -2.34. The highest BCUT2D eigenvalue weighted by molar-refractivity contribution is 5.79. The Morgan fingerprint density at radius 2 is 1.44 bits per heavy atom. The molecule has 0 saturated heterocycles. The second kappa shape index (κ2) is 7.41. The van der Waals surface area contributed by atoms with E-state index in [4.69, 9.17) is 14.2 Å². The molecule has 0 bridgehead atoms. The van der Waals surface area contributed by atoms with E-state index in [1.165, 1.54) is 0 Å². The molecule has 1 aliphatic rings. The highest BCUT2D eigenvalue weighted by Crippen LogP contribution is 2.42. The molecule has 4 rings (SSSR count). The topological polar surface area (TPSA) is 56.8 Å². The van der Waals surface area contributed by atoms with Crippen molar-refractivity contribution in [1.29, 1.82) is 0 Å². The average Bonchev–Trinajstić information content (AvgIpc) is 2.72. The molecule has 0 radical (unpaired) electrons. The summed E-state index contributed by atoms with van der Waals surface area (Å²) >= 11 is 0. The van der Waals surface area contributed by atoms with E-state index in [0.29, 0.717) is 11.5 Å². The first-order valence-corrected chi connectivity index (χ1v) is 8.67. The number of nitrogens with one attached hydrogen (secondary N) is 1. The number of benzene rings is 3. The minimum atomic E-state index is -0.292. The number of hydrogen-bond donors (Lipinski definition) is 1. The Kier molecular flexibility index (Phi) is 4.66. The zero-order valence-corrected chi connectivity index (χ0v) is 14.8. The van der Waals surface area contributed by atoms with Crippen LogP contribution in [0.25, 0.3) is 0 Å². The van der Waals surface area contributed by atoms with Gasteiger partial charge in [-0.05, 0) is 24.3 Å². The molecule has 0 unspecified atom stereocenters. The fourth-order valence-corrected chi connectivity index (χ4v) is 3.15. The molecule has 1 amide bonds. The number of rotatable bonds is 5. The minimum absolute atomic E-state index is 0.109. The zero-order chi connectivity index (χ0) is 18.6. The molecule has 0 fully saturated rings. The number of amides is 1. The lowest BCUT2D eigenvalue weighted by molar-refractivity contribution is -0.123. The monoisotopic (exact) mass is 361 g/mol. The fourth-order valence-electron chi connectivity index (χ4n) is 3.15. The highest BCUT2D eigenvalue weighted by atomic mass is 16.5. The molecule has 0 atom stereocenters. The first kappa shape index (κ1) is 17.0. The van der Waals surface area contributed by atoms with Gasteiger partial charge in [0, 0.05) is 11.1 Å². The molecule has 5 heteroatoms. The van der Waals surface area contributed by atoms with E-state index < -0.39 is 0 Å². The number of fused-ring (bicyclic) bond motifs is 2. The van der Waals surface area contributed by atoms with Crippen LogP contribution in [-0.4, -0.2) is 19.6 Å². The number of para-hydroxylation sites is 4. The van der Waals surface area contributed by atoms with Gasteiger partial charge in [-0.1, -0.05) is 48.5 Å². The number of carbonyl (C=O) groups is 1. The van der Waals surface area contributed by atoms with E-state index in [2.05, 4.69) is 5.32 Å². The highest BCUT2D eigenvalue weighted by Gasteiger charge is 2.28. The summed E-state index contributed by atoms with van der Waals surface area (Å²) in [6, 6.07) is 22.3. The van der Waals surface area contributed by atoms with Gasteiger partial charge >= 0.3 is 0 Å². The second-order valence-electron chi connectivity index (χ2n) is 6.12. The van der Waals surface area contributed by atoms with Gasteiger partial charge in [0.1, 0.15) is 11.5 Å². The Labute approximate surface area is 157 Å². The van der Waals surface area contributed by atoms with E-state index >= 15 is 0 Å². The molecule has 27 heavy (non-hydrogen) atoms. The van der Waals surface area contributed by atoms with Gasteiger partial charge in [0.15, 0.2) is 18.1 Å². The third-order valence-electron chi connectivity index (χ3n) is 4.41. The van der Waals surface area contributed by atoms with Gasteiger partial charge in [0.25, 0.3) is 5.91 Å². The molecule has 3 aromatic carbocycles. The van der Waals surface area contributed by atoms with Gasteiger partial charge in [-0.15, -0.1) is 0 Å². The van der Waals surface area contributed by atoms with Crippen LogP contribution in [0.1, 0.15) is 17.2 Å². The normalized spacial score (nSPS) is 12.3. The van der Waals surface area contributed by atoms with Crippen molar-refractivity contribution in [2.75, 3.05) is 13.7 Å². The first-order chi connectivity index (χ1) is 13.3. The van der Waals surface area contributed by atoms with Crippen LogP contribution in [0.4, 0.5) is 0 Å². The maximum Gasteiger partial charge on any atom is 0.258 e. The molecule has 1 heterocycles. The molecular formula is C22H19NO4. The van der Waals surface area contributed by atoms with Crippen LogP contribution in [0.15, 0.2) is 72.8 Å². The lowest BCUT2D eigenvalue weighted by Gasteiger charge is -2.28. The predicted octanol–water partition coefficient (Wildman–Crippen LogP) is 4.09. The van der Waals surface area contributed by atoms with Gasteiger partial charge in [-0.2, -0.15) is 0 Å². The summed E-state index contributed by atoms with van der Waals surface area (Å²) in [7, 11) is 1.57. The summed E-state index contributed by atoms with van der Waals surface area (Å²) in [5.41, 5.74) is 1.84. The Balaban J connectivity index is 1.53. The van der Waals surface area contributed by atoms with Crippen molar-refractivity contribution >= 4 is 5.91 Å². The largest absolute Gasteiger partial charge is 0.493 e. The minimum Gasteiger partial charge on any atom is -0.493 e. The van der Waals surface area contributed by atoms with Gasteiger partial charge in [0.05, 0.1) is 13.2 Å². The lowest BCUT2D eigenvalue weighted by atomic mass is 9.94. The summed E-state index contributed by atoms with van der Waals surface area (Å²) in [5, 5.41) is 3.05. The fraction of sp³-hybridized carbons (Fsp3) is 0.136. The van der Waals surface area contributed by atoms with Crippen LogP contribution in [0.5, 0.6) is 23.0 Å². The first-order valence-electron chi connectivity index (χ1n) is 8.67. The standard InChI is InChI=1S/C22H19NO4/c1-25-19-12-6-7-13-20(19)26-14-21(24)23-22-15-8-2-4-10-17(15)27-18-11-5-3-9-16(18)22/h2-13,22H,14H2,1H3,(H,23,24).